The number of piperazine rings is 1. The fraction of sp³-hybridized carbons (Fsp3) is 0.419. The van der Waals surface area contributed by atoms with Crippen molar-refractivity contribution in [2.45, 2.75) is 57.6 Å². The van der Waals surface area contributed by atoms with Crippen molar-refractivity contribution < 1.29 is 19.4 Å². The lowest BCUT2D eigenvalue weighted by Crippen LogP contribution is -2.79. The van der Waals surface area contributed by atoms with E-state index in [1.165, 1.54) is 4.90 Å². The lowest BCUT2D eigenvalue weighted by molar-refractivity contribution is -0.138. The Bertz CT molecular complexity index is 1320. The molecule has 2 heterocycles. The molecule has 0 aromatic heterocycles. The fourth-order valence-electron chi connectivity index (χ4n) is 5.76. The molecule has 8 nitrogen and oxygen atoms in total. The topological polar surface area (TPSA) is 94.1 Å². The zero-order chi connectivity index (χ0) is 27.5. The maximum absolute atomic E-state index is 13.3. The van der Waals surface area contributed by atoms with Crippen molar-refractivity contribution in [2.24, 2.45) is 5.92 Å². The average molecular weight is 531 g/mol. The third-order valence-electron chi connectivity index (χ3n) is 7.79. The quantitative estimate of drug-likeness (QED) is 0.392. The molecule has 206 valence electrons. The molecule has 0 bridgehead atoms. The summed E-state index contributed by atoms with van der Waals surface area (Å²) in [6.07, 6.45) is 0.994. The number of imide groups is 1. The van der Waals surface area contributed by atoms with Crippen LogP contribution in [0.15, 0.2) is 66.7 Å². The zero-order valence-electron chi connectivity index (χ0n) is 22.8. The maximum atomic E-state index is 13.3. The van der Waals surface area contributed by atoms with E-state index in [1.54, 1.807) is 11.9 Å². The number of aliphatic hydroxyl groups is 1. The summed E-state index contributed by atoms with van der Waals surface area (Å²) in [4.78, 5) is 29.4. The molecule has 3 aromatic carbocycles. The first-order valence-corrected chi connectivity index (χ1v) is 13.8. The molecule has 2 aliphatic heterocycles. The molecule has 3 amide bonds. The molecule has 2 aliphatic rings. The van der Waals surface area contributed by atoms with E-state index in [4.69, 9.17) is 4.74 Å². The lowest BCUT2D eigenvalue weighted by Gasteiger charge is -2.51. The van der Waals surface area contributed by atoms with Crippen molar-refractivity contribution in [3.63, 3.8) is 0 Å². The predicted octanol–water partition coefficient (Wildman–Crippen LogP) is 3.52. The van der Waals surface area contributed by atoms with Crippen molar-refractivity contribution in [1.29, 1.82) is 0 Å². The van der Waals surface area contributed by atoms with Crippen molar-refractivity contribution in [3.05, 3.63) is 77.9 Å². The lowest BCUT2D eigenvalue weighted by atomic mass is 9.92. The normalized spacial score (nSPS) is 23.4. The van der Waals surface area contributed by atoms with Crippen LogP contribution in [0.4, 0.5) is 4.79 Å². The van der Waals surface area contributed by atoms with Crippen molar-refractivity contribution >= 4 is 22.7 Å². The van der Waals surface area contributed by atoms with Crippen LogP contribution in [-0.2, 0) is 17.8 Å². The van der Waals surface area contributed by atoms with Crippen LogP contribution in [0.3, 0.4) is 0 Å². The Morgan fingerprint density at radius 1 is 0.923 bits per heavy atom. The second-order valence-electron chi connectivity index (χ2n) is 10.9. The molecule has 5 rings (SSSR count). The highest BCUT2D eigenvalue weighted by Gasteiger charge is 2.50. The number of aryl methyl sites for hydroxylation is 1. The van der Waals surface area contributed by atoms with Gasteiger partial charge in [-0.05, 0) is 41.3 Å². The molecule has 8 heteroatoms. The number of nitrogens with zero attached hydrogens (tertiary/aromatic N) is 2. The van der Waals surface area contributed by atoms with Gasteiger partial charge in [-0.15, -0.1) is 0 Å². The van der Waals surface area contributed by atoms with Crippen LogP contribution in [0.2, 0.25) is 0 Å². The number of carbonyl (C=O) groups excluding carboxylic acids is 2. The molecular formula is C31H38N4O4. The maximum Gasteiger partial charge on any atom is 0.327 e. The van der Waals surface area contributed by atoms with E-state index in [-0.39, 0.29) is 36.5 Å². The van der Waals surface area contributed by atoms with E-state index in [0.29, 0.717) is 13.2 Å². The largest absolute Gasteiger partial charge is 0.491 e. The Labute approximate surface area is 229 Å². The van der Waals surface area contributed by atoms with Crippen LogP contribution in [0.25, 0.3) is 10.8 Å². The van der Waals surface area contributed by atoms with Crippen LogP contribution in [0.1, 0.15) is 31.4 Å². The molecule has 39 heavy (non-hydrogen) atoms. The Hall–Kier alpha value is -3.46. The monoisotopic (exact) mass is 530 g/mol. The standard InChI is InChI=1S/C31H38N4O4/c1-20(2)17-35-29-28(30(37)34(3)31(35)38)32-25(16-15-21-9-4-5-11-23(21)18-36)26(33-29)19-39-27-14-8-12-22-10-6-7-13-24(22)27/h4-14,20,25-26,28-29,32-33,36H,15-19H2,1-3H3. The smallest absolute Gasteiger partial charge is 0.327 e. The Morgan fingerprint density at radius 2 is 1.64 bits per heavy atom. The van der Waals surface area contributed by atoms with Crippen molar-refractivity contribution in [3.8, 4) is 5.75 Å². The second-order valence-corrected chi connectivity index (χ2v) is 10.9. The fourth-order valence-corrected chi connectivity index (χ4v) is 5.76. The van der Waals surface area contributed by atoms with E-state index < -0.39 is 12.2 Å². The molecule has 0 aliphatic carbocycles. The molecule has 0 radical (unpaired) electrons. The van der Waals surface area contributed by atoms with Gasteiger partial charge in [-0.2, -0.15) is 0 Å². The number of hydrogen-bond acceptors (Lipinski definition) is 6. The van der Waals surface area contributed by atoms with Gasteiger partial charge in [0.25, 0.3) is 5.91 Å². The Morgan fingerprint density at radius 3 is 2.41 bits per heavy atom. The number of ether oxygens (including phenoxy) is 1. The molecule has 3 aromatic rings. The number of aliphatic hydroxyl groups excluding tert-OH is 1. The first-order chi connectivity index (χ1) is 18.9. The highest BCUT2D eigenvalue weighted by atomic mass is 16.5. The number of likely N-dealkylation sites (N-methyl/N-ethyl adjacent to an activating group) is 1. The van der Waals surface area contributed by atoms with Gasteiger partial charge in [0.05, 0.1) is 12.6 Å². The Balaban J connectivity index is 1.41. The molecule has 0 saturated carbocycles. The minimum Gasteiger partial charge on any atom is -0.491 e. The van der Waals surface area contributed by atoms with Gasteiger partial charge in [-0.3, -0.25) is 20.3 Å². The summed E-state index contributed by atoms with van der Waals surface area (Å²) < 4.78 is 6.42. The summed E-state index contributed by atoms with van der Waals surface area (Å²) in [5.41, 5.74) is 1.99. The van der Waals surface area contributed by atoms with Crippen LogP contribution in [0, 0.1) is 5.92 Å². The molecule has 4 unspecified atom stereocenters. The van der Waals surface area contributed by atoms with Gasteiger partial charge in [0.15, 0.2) is 0 Å². The summed E-state index contributed by atoms with van der Waals surface area (Å²) in [6.45, 7) is 5.03. The summed E-state index contributed by atoms with van der Waals surface area (Å²) >= 11 is 0. The van der Waals surface area contributed by atoms with Gasteiger partial charge >= 0.3 is 6.03 Å². The molecule has 2 fully saturated rings. The number of hydrogen-bond donors (Lipinski definition) is 3. The first-order valence-electron chi connectivity index (χ1n) is 13.8. The average Bonchev–Trinajstić information content (AvgIpc) is 2.96. The van der Waals surface area contributed by atoms with Gasteiger partial charge in [-0.1, -0.05) is 74.5 Å². The van der Waals surface area contributed by atoms with Crippen LogP contribution >= 0.6 is 0 Å². The zero-order valence-corrected chi connectivity index (χ0v) is 22.8. The number of fused-ring (bicyclic) bond motifs is 2. The summed E-state index contributed by atoms with van der Waals surface area (Å²) in [5.74, 6) is 0.818. The number of carbonyl (C=O) groups is 2. The van der Waals surface area contributed by atoms with E-state index in [9.17, 15) is 14.7 Å². The van der Waals surface area contributed by atoms with Gasteiger partial charge in [0, 0.05) is 25.0 Å². The number of urea groups is 1. The third kappa shape index (κ3) is 5.64. The molecule has 4 atom stereocenters. The second kappa shape index (κ2) is 11.7. The minimum absolute atomic E-state index is 0.0135. The van der Waals surface area contributed by atoms with E-state index in [0.717, 1.165) is 40.5 Å². The highest BCUT2D eigenvalue weighted by Crippen LogP contribution is 2.28. The molecule has 3 N–H and O–H groups in total. The number of rotatable bonds is 9. The molecule has 0 spiro atoms. The van der Waals surface area contributed by atoms with Gasteiger partial charge in [0.2, 0.25) is 0 Å². The van der Waals surface area contributed by atoms with Gasteiger partial charge in [0.1, 0.15) is 24.6 Å². The molecule has 2 saturated heterocycles. The van der Waals surface area contributed by atoms with Gasteiger partial charge in [-0.25, -0.2) is 4.79 Å². The summed E-state index contributed by atoms with van der Waals surface area (Å²) in [6, 6.07) is 20.9. The van der Waals surface area contributed by atoms with Crippen molar-refractivity contribution in [2.75, 3.05) is 20.2 Å². The van der Waals surface area contributed by atoms with Crippen LogP contribution in [-0.4, -0.2) is 71.3 Å². The SMILES string of the molecule is CC(C)CN1C(=O)N(C)C(=O)C2NC(CCc3ccccc3CO)C(COc3cccc4ccccc34)NC21. The van der Waals surface area contributed by atoms with E-state index in [2.05, 4.69) is 42.7 Å². The van der Waals surface area contributed by atoms with E-state index >= 15 is 0 Å². The number of amides is 3. The van der Waals surface area contributed by atoms with Crippen molar-refractivity contribution in [1.82, 2.24) is 20.4 Å². The van der Waals surface area contributed by atoms with Crippen LogP contribution < -0.4 is 15.4 Å². The van der Waals surface area contributed by atoms with Gasteiger partial charge < -0.3 is 14.7 Å². The Kier molecular flexibility index (Phi) is 8.16. The predicted molar refractivity (Wildman–Crippen MR) is 151 cm³/mol. The summed E-state index contributed by atoms with van der Waals surface area (Å²) in [7, 11) is 1.55. The number of nitrogens with one attached hydrogen (secondary N) is 2. The summed E-state index contributed by atoms with van der Waals surface area (Å²) in [5, 5.41) is 19.2. The highest BCUT2D eigenvalue weighted by molar-refractivity contribution is 6.00. The van der Waals surface area contributed by atoms with Crippen LogP contribution in [0.5, 0.6) is 5.75 Å². The number of benzene rings is 3. The van der Waals surface area contributed by atoms with E-state index in [1.807, 2.05) is 48.5 Å². The minimum atomic E-state index is -0.557. The first kappa shape index (κ1) is 27.1. The molecular weight excluding hydrogens is 492 g/mol. The third-order valence-corrected chi connectivity index (χ3v) is 7.79.